The summed E-state index contributed by atoms with van der Waals surface area (Å²) in [5.41, 5.74) is 1.32. The van der Waals surface area contributed by atoms with E-state index >= 15 is 0 Å². The Hall–Kier alpha value is -3.16. The maximum Gasteiger partial charge on any atom is 0.257 e. The van der Waals surface area contributed by atoms with E-state index in [0.717, 1.165) is 11.5 Å². The van der Waals surface area contributed by atoms with Gasteiger partial charge in [-0.3, -0.25) is 9.59 Å². The third-order valence-electron chi connectivity index (χ3n) is 5.06. The van der Waals surface area contributed by atoms with Crippen LogP contribution in [0.1, 0.15) is 34.2 Å². The number of para-hydroxylation sites is 1. The Balaban J connectivity index is 1.86. The summed E-state index contributed by atoms with van der Waals surface area (Å²) in [6, 6.07) is 9.04. The van der Waals surface area contributed by atoms with E-state index in [1.807, 2.05) is 31.1 Å². The van der Waals surface area contributed by atoms with E-state index in [4.69, 9.17) is 4.74 Å². The summed E-state index contributed by atoms with van der Waals surface area (Å²) in [6.45, 7) is 0.889. The molecule has 1 atom stereocenters. The zero-order valence-corrected chi connectivity index (χ0v) is 17.5. The van der Waals surface area contributed by atoms with Crippen molar-refractivity contribution in [1.29, 1.82) is 0 Å². The van der Waals surface area contributed by atoms with Crippen molar-refractivity contribution < 1.29 is 14.3 Å². The van der Waals surface area contributed by atoms with Gasteiger partial charge in [0.2, 0.25) is 5.91 Å². The number of carbonyl (C=O) groups is 2. The zero-order chi connectivity index (χ0) is 21.1. The van der Waals surface area contributed by atoms with Crippen LogP contribution in [-0.4, -0.2) is 73.4 Å². The highest BCUT2D eigenvalue weighted by Gasteiger charge is 2.30. The van der Waals surface area contributed by atoms with Crippen LogP contribution in [0.5, 0.6) is 5.75 Å². The summed E-state index contributed by atoms with van der Waals surface area (Å²) >= 11 is 0. The first-order valence-corrected chi connectivity index (χ1v) is 9.47. The van der Waals surface area contributed by atoms with Crippen LogP contribution >= 0.6 is 0 Å². The van der Waals surface area contributed by atoms with Gasteiger partial charge in [-0.2, -0.15) is 0 Å². The number of ether oxygens (including phenoxy) is 1. The summed E-state index contributed by atoms with van der Waals surface area (Å²) in [4.78, 5) is 39.3. The molecule has 8 heteroatoms. The van der Waals surface area contributed by atoms with Gasteiger partial charge in [0, 0.05) is 53.1 Å². The first kappa shape index (κ1) is 20.6. The van der Waals surface area contributed by atoms with Gasteiger partial charge in [0.25, 0.3) is 5.91 Å². The van der Waals surface area contributed by atoms with Crippen molar-refractivity contribution in [3.8, 4) is 5.75 Å². The molecule has 1 saturated heterocycles. The molecule has 0 radical (unpaired) electrons. The number of aromatic nitrogens is 2. The minimum Gasteiger partial charge on any atom is -0.496 e. The highest BCUT2D eigenvalue weighted by molar-refractivity contribution is 5.96. The fourth-order valence-corrected chi connectivity index (χ4v) is 3.38. The number of hydrogen-bond donors (Lipinski definition) is 0. The predicted octanol–water partition coefficient (Wildman–Crippen LogP) is 1.77. The normalized spacial score (nSPS) is 16.1. The molecule has 2 amide bonds. The first-order valence-electron chi connectivity index (χ1n) is 9.47. The lowest BCUT2D eigenvalue weighted by atomic mass is 10.0. The summed E-state index contributed by atoms with van der Waals surface area (Å²) in [5.74, 6) is 1.80. The van der Waals surface area contributed by atoms with E-state index in [9.17, 15) is 9.59 Å². The Kier molecular flexibility index (Phi) is 6.00. The van der Waals surface area contributed by atoms with Crippen LogP contribution in [0.3, 0.4) is 0 Å². The summed E-state index contributed by atoms with van der Waals surface area (Å²) in [6.07, 6.45) is 0.440. The van der Waals surface area contributed by atoms with Crippen molar-refractivity contribution in [2.45, 2.75) is 18.9 Å². The Morgan fingerprint density at radius 2 is 1.97 bits per heavy atom. The average Bonchev–Trinajstić information content (AvgIpc) is 3.05. The quantitative estimate of drug-likeness (QED) is 0.739. The van der Waals surface area contributed by atoms with Gasteiger partial charge < -0.3 is 19.4 Å². The lowest BCUT2D eigenvalue weighted by Crippen LogP contribution is -2.28. The van der Waals surface area contributed by atoms with Crippen LogP contribution in [-0.2, 0) is 11.3 Å². The SMILES string of the molecule is COc1ccccc1C(=O)N(C)Cc1nc([C@@H]2CC(=O)N(C)C2)cc(N(C)C)n1. The van der Waals surface area contributed by atoms with Gasteiger partial charge in [0.15, 0.2) is 0 Å². The van der Waals surface area contributed by atoms with E-state index in [0.29, 0.717) is 30.1 Å². The largest absolute Gasteiger partial charge is 0.496 e. The van der Waals surface area contributed by atoms with Crippen LogP contribution in [0.4, 0.5) is 5.82 Å². The fraction of sp³-hybridized carbons (Fsp3) is 0.429. The zero-order valence-electron chi connectivity index (χ0n) is 17.5. The van der Waals surface area contributed by atoms with Gasteiger partial charge in [-0.15, -0.1) is 0 Å². The highest BCUT2D eigenvalue weighted by atomic mass is 16.5. The van der Waals surface area contributed by atoms with Crippen molar-refractivity contribution in [3.63, 3.8) is 0 Å². The summed E-state index contributed by atoms with van der Waals surface area (Å²) in [7, 11) is 8.88. The third-order valence-corrected chi connectivity index (χ3v) is 5.06. The molecular weight excluding hydrogens is 370 g/mol. The standard InChI is InChI=1S/C21H27N5O3/c1-24(2)19-11-16(14-10-20(27)25(3)12-14)22-18(23-19)13-26(4)21(28)15-8-6-7-9-17(15)29-5/h6-9,11,14H,10,12-13H2,1-5H3/t14-/m1/s1. The van der Waals surface area contributed by atoms with E-state index < -0.39 is 0 Å². The Labute approximate surface area is 171 Å². The van der Waals surface area contributed by atoms with Crippen LogP contribution in [0.25, 0.3) is 0 Å². The number of carbonyl (C=O) groups excluding carboxylic acids is 2. The van der Waals surface area contributed by atoms with Crippen molar-refractivity contribution in [2.75, 3.05) is 46.7 Å². The second kappa shape index (κ2) is 8.46. The van der Waals surface area contributed by atoms with E-state index in [2.05, 4.69) is 9.97 Å². The molecule has 1 aliphatic rings. The predicted molar refractivity (Wildman–Crippen MR) is 110 cm³/mol. The minimum absolute atomic E-state index is 0.0307. The molecule has 29 heavy (non-hydrogen) atoms. The minimum atomic E-state index is -0.168. The Morgan fingerprint density at radius 1 is 1.24 bits per heavy atom. The van der Waals surface area contributed by atoms with Gasteiger partial charge in [-0.25, -0.2) is 9.97 Å². The third kappa shape index (κ3) is 4.47. The molecule has 0 bridgehead atoms. The second-order valence-corrected chi connectivity index (χ2v) is 7.50. The molecule has 8 nitrogen and oxygen atoms in total. The molecule has 1 fully saturated rings. The molecule has 0 saturated carbocycles. The lowest BCUT2D eigenvalue weighted by Gasteiger charge is -2.21. The van der Waals surface area contributed by atoms with Crippen molar-refractivity contribution in [2.24, 2.45) is 0 Å². The molecule has 1 aromatic carbocycles. The molecule has 0 N–H and O–H groups in total. The second-order valence-electron chi connectivity index (χ2n) is 7.50. The van der Waals surface area contributed by atoms with Gasteiger partial charge in [-0.05, 0) is 12.1 Å². The Bertz CT molecular complexity index is 915. The molecule has 3 rings (SSSR count). The number of amides is 2. The molecule has 0 unspecified atom stereocenters. The van der Waals surface area contributed by atoms with Crippen molar-refractivity contribution in [3.05, 3.63) is 47.4 Å². The lowest BCUT2D eigenvalue weighted by molar-refractivity contribution is -0.126. The van der Waals surface area contributed by atoms with Gasteiger partial charge in [-0.1, -0.05) is 12.1 Å². The number of likely N-dealkylation sites (tertiary alicyclic amines) is 1. The van der Waals surface area contributed by atoms with E-state index in [1.54, 1.807) is 49.2 Å². The monoisotopic (exact) mass is 397 g/mol. The van der Waals surface area contributed by atoms with E-state index in [1.165, 1.54) is 0 Å². The molecule has 1 aliphatic heterocycles. The number of benzene rings is 1. The topological polar surface area (TPSA) is 78.9 Å². The van der Waals surface area contributed by atoms with Gasteiger partial charge >= 0.3 is 0 Å². The number of nitrogens with zero attached hydrogens (tertiary/aromatic N) is 5. The average molecular weight is 397 g/mol. The smallest absolute Gasteiger partial charge is 0.257 e. The molecule has 154 valence electrons. The number of hydrogen-bond acceptors (Lipinski definition) is 6. The molecule has 2 heterocycles. The van der Waals surface area contributed by atoms with Crippen LogP contribution in [0.2, 0.25) is 0 Å². The fourth-order valence-electron chi connectivity index (χ4n) is 3.38. The van der Waals surface area contributed by atoms with Crippen molar-refractivity contribution in [1.82, 2.24) is 19.8 Å². The number of likely N-dealkylation sites (N-methyl/N-ethyl adjacent to an activating group) is 1. The molecular formula is C21H27N5O3. The van der Waals surface area contributed by atoms with Crippen molar-refractivity contribution >= 4 is 17.6 Å². The number of methoxy groups -OCH3 is 1. The number of rotatable bonds is 6. The maximum absolute atomic E-state index is 12.9. The molecule has 1 aromatic heterocycles. The first-order chi connectivity index (χ1) is 13.8. The Morgan fingerprint density at radius 3 is 2.59 bits per heavy atom. The highest BCUT2D eigenvalue weighted by Crippen LogP contribution is 2.28. The van der Waals surface area contributed by atoms with Crippen LogP contribution in [0.15, 0.2) is 30.3 Å². The number of anilines is 1. The van der Waals surface area contributed by atoms with E-state index in [-0.39, 0.29) is 24.3 Å². The molecule has 0 spiro atoms. The van der Waals surface area contributed by atoms with Crippen LogP contribution < -0.4 is 9.64 Å². The van der Waals surface area contributed by atoms with Crippen LogP contribution in [0, 0.1) is 0 Å². The summed E-state index contributed by atoms with van der Waals surface area (Å²) < 4.78 is 5.30. The maximum atomic E-state index is 12.9. The summed E-state index contributed by atoms with van der Waals surface area (Å²) in [5, 5.41) is 0. The molecule has 0 aliphatic carbocycles. The van der Waals surface area contributed by atoms with Gasteiger partial charge in [0.05, 0.1) is 24.9 Å². The van der Waals surface area contributed by atoms with Gasteiger partial charge in [0.1, 0.15) is 17.4 Å². The molecule has 2 aromatic rings.